The molecule has 19 heavy (non-hydrogen) atoms. The summed E-state index contributed by atoms with van der Waals surface area (Å²) in [6, 6.07) is 6.40. The molecule has 0 aromatic carbocycles. The lowest BCUT2D eigenvalue weighted by Crippen LogP contribution is -2.03. The van der Waals surface area contributed by atoms with Crippen LogP contribution in [0.15, 0.2) is 35.6 Å². The topological polar surface area (TPSA) is 29.9 Å². The largest absolute Gasteiger partial charge is 0.367 e. The monoisotopic (exact) mass is 291 g/mol. The lowest BCUT2D eigenvalue weighted by Gasteiger charge is -2.11. The van der Waals surface area contributed by atoms with Crippen molar-refractivity contribution in [2.24, 2.45) is 7.05 Å². The highest BCUT2D eigenvalue weighted by Gasteiger charge is 2.27. The minimum Gasteiger partial charge on any atom is -0.367 e. The molecule has 0 fully saturated rings. The van der Waals surface area contributed by atoms with Crippen LogP contribution in [0.2, 0.25) is 0 Å². The van der Waals surface area contributed by atoms with E-state index in [-0.39, 0.29) is 0 Å². The zero-order valence-electron chi connectivity index (χ0n) is 11.1. The summed E-state index contributed by atoms with van der Waals surface area (Å²) in [6.45, 7) is 0. The minimum absolute atomic E-state index is 0.291. The number of aromatic nitrogens is 2. The van der Waals surface area contributed by atoms with Crippen LogP contribution in [0, 0.1) is 0 Å². The average Bonchev–Trinajstić information content (AvgIpc) is 2.98. The third kappa shape index (κ3) is 2.49. The van der Waals surface area contributed by atoms with E-state index in [4.69, 9.17) is 0 Å². The van der Waals surface area contributed by atoms with E-state index in [0.717, 1.165) is 6.42 Å². The normalized spacial score (nSPS) is 17.3. The maximum absolute atomic E-state index is 4.19. The van der Waals surface area contributed by atoms with E-state index in [2.05, 4.69) is 40.3 Å². The summed E-state index contributed by atoms with van der Waals surface area (Å²) in [5.74, 6) is 1.17. The molecule has 1 aliphatic heterocycles. The zero-order valence-corrected chi connectivity index (χ0v) is 12.7. The molecule has 0 radical (unpaired) electrons. The molecule has 0 amide bonds. The van der Waals surface area contributed by atoms with Gasteiger partial charge in [-0.2, -0.15) is 11.8 Å². The van der Waals surface area contributed by atoms with Crippen LogP contribution in [0.1, 0.15) is 16.6 Å². The first-order chi connectivity index (χ1) is 9.29. The van der Waals surface area contributed by atoms with E-state index in [1.54, 1.807) is 0 Å². The number of aryl methyl sites for hydroxylation is 1. The molecule has 0 saturated heterocycles. The molecule has 100 valence electrons. The van der Waals surface area contributed by atoms with E-state index in [1.807, 2.05) is 42.0 Å². The Morgan fingerprint density at radius 1 is 1.53 bits per heavy atom. The van der Waals surface area contributed by atoms with Crippen molar-refractivity contribution in [3.63, 3.8) is 0 Å². The molecule has 1 N–H and O–H groups in total. The first-order valence-electron chi connectivity index (χ1n) is 6.30. The Hall–Kier alpha value is -1.07. The Bertz CT molecular complexity index is 566. The van der Waals surface area contributed by atoms with Gasteiger partial charge in [-0.3, -0.25) is 4.98 Å². The summed E-state index contributed by atoms with van der Waals surface area (Å²) in [5, 5.41) is 5.21. The Labute approximate surface area is 122 Å². The van der Waals surface area contributed by atoms with Crippen molar-refractivity contribution in [3.05, 3.63) is 41.9 Å². The van der Waals surface area contributed by atoms with Gasteiger partial charge in [0.1, 0.15) is 10.4 Å². The van der Waals surface area contributed by atoms with E-state index in [0.29, 0.717) is 5.37 Å². The maximum Gasteiger partial charge on any atom is 0.106 e. The maximum atomic E-state index is 4.19. The van der Waals surface area contributed by atoms with E-state index in [9.17, 15) is 0 Å². The number of anilines is 1. The summed E-state index contributed by atoms with van der Waals surface area (Å²) in [5.41, 5.74) is 3.90. The standard InChI is InChI=1S/C14H17N3S2/c1-17-11(5-7-18-2)8-12-14(17)19-13(16-12)10-4-3-6-15-9-10/h3-4,6,8-9,13,16H,5,7H2,1-2H3. The van der Waals surface area contributed by atoms with Gasteiger partial charge < -0.3 is 9.88 Å². The van der Waals surface area contributed by atoms with Crippen LogP contribution in [-0.2, 0) is 13.5 Å². The molecule has 3 heterocycles. The molecular formula is C14H17N3S2. The van der Waals surface area contributed by atoms with Gasteiger partial charge in [0.15, 0.2) is 0 Å². The van der Waals surface area contributed by atoms with Crippen LogP contribution in [0.5, 0.6) is 0 Å². The Morgan fingerprint density at radius 3 is 3.11 bits per heavy atom. The summed E-state index contributed by atoms with van der Waals surface area (Å²) in [4.78, 5) is 4.19. The van der Waals surface area contributed by atoms with Crippen LogP contribution in [0.25, 0.3) is 0 Å². The van der Waals surface area contributed by atoms with Gasteiger partial charge >= 0.3 is 0 Å². The van der Waals surface area contributed by atoms with Crippen LogP contribution in [0.3, 0.4) is 0 Å². The van der Waals surface area contributed by atoms with Crippen molar-refractivity contribution in [3.8, 4) is 0 Å². The molecule has 1 atom stereocenters. The van der Waals surface area contributed by atoms with Crippen molar-refractivity contribution < 1.29 is 0 Å². The third-order valence-corrected chi connectivity index (χ3v) is 5.30. The van der Waals surface area contributed by atoms with Crippen molar-refractivity contribution in [1.82, 2.24) is 9.55 Å². The number of fused-ring (bicyclic) bond motifs is 1. The fraction of sp³-hybridized carbons (Fsp3) is 0.357. The van der Waals surface area contributed by atoms with Gasteiger partial charge in [0.05, 0.1) is 5.69 Å². The highest BCUT2D eigenvalue weighted by Crippen LogP contribution is 2.47. The van der Waals surface area contributed by atoms with Crippen LogP contribution < -0.4 is 5.32 Å². The highest BCUT2D eigenvalue weighted by atomic mass is 32.2. The molecule has 1 unspecified atom stereocenters. The number of hydrogen-bond acceptors (Lipinski definition) is 4. The van der Waals surface area contributed by atoms with E-state index >= 15 is 0 Å². The fourth-order valence-corrected chi connectivity index (χ4v) is 3.91. The van der Waals surface area contributed by atoms with Crippen molar-refractivity contribution in [2.45, 2.75) is 16.8 Å². The lowest BCUT2D eigenvalue weighted by atomic mass is 10.3. The van der Waals surface area contributed by atoms with Gasteiger partial charge in [0.2, 0.25) is 0 Å². The number of rotatable bonds is 4. The molecule has 0 spiro atoms. The minimum atomic E-state index is 0.291. The number of hydrogen-bond donors (Lipinski definition) is 1. The van der Waals surface area contributed by atoms with Gasteiger partial charge in [-0.05, 0) is 30.6 Å². The molecule has 0 bridgehead atoms. The zero-order chi connectivity index (χ0) is 13.2. The molecule has 0 saturated carbocycles. The van der Waals surface area contributed by atoms with Crippen LogP contribution in [0.4, 0.5) is 5.69 Å². The molecule has 2 aromatic heterocycles. The van der Waals surface area contributed by atoms with Crippen molar-refractivity contribution in [2.75, 3.05) is 17.3 Å². The summed E-state index contributed by atoms with van der Waals surface area (Å²) in [6.07, 6.45) is 7.04. The van der Waals surface area contributed by atoms with Gasteiger partial charge in [0, 0.05) is 30.7 Å². The van der Waals surface area contributed by atoms with Gasteiger partial charge in [-0.25, -0.2) is 0 Å². The Morgan fingerprint density at radius 2 is 2.42 bits per heavy atom. The number of nitrogens with one attached hydrogen (secondary N) is 1. The van der Waals surface area contributed by atoms with Crippen LogP contribution >= 0.6 is 23.5 Å². The Balaban J connectivity index is 1.79. The van der Waals surface area contributed by atoms with E-state index < -0.39 is 0 Å². The Kier molecular flexibility index (Phi) is 3.75. The molecule has 5 heteroatoms. The highest BCUT2D eigenvalue weighted by molar-refractivity contribution is 8.00. The smallest absolute Gasteiger partial charge is 0.106 e. The van der Waals surface area contributed by atoms with Gasteiger partial charge in [-0.15, -0.1) is 0 Å². The van der Waals surface area contributed by atoms with Crippen molar-refractivity contribution in [1.29, 1.82) is 0 Å². The second-order valence-electron chi connectivity index (χ2n) is 4.58. The van der Waals surface area contributed by atoms with Crippen molar-refractivity contribution >= 4 is 29.2 Å². The molecule has 3 rings (SSSR count). The number of thioether (sulfide) groups is 2. The molecule has 1 aliphatic rings. The summed E-state index contributed by atoms with van der Waals surface area (Å²) < 4.78 is 2.32. The van der Waals surface area contributed by atoms with E-state index in [1.165, 1.54) is 27.7 Å². The fourth-order valence-electron chi connectivity index (χ4n) is 2.29. The molecular weight excluding hydrogens is 274 g/mol. The second-order valence-corrected chi connectivity index (χ2v) is 6.66. The first-order valence-corrected chi connectivity index (χ1v) is 8.57. The quantitative estimate of drug-likeness (QED) is 0.933. The number of pyridine rings is 1. The summed E-state index contributed by atoms with van der Waals surface area (Å²) in [7, 11) is 2.16. The SMILES string of the molecule is CSCCc1cc2c(n1C)SC(c1cccnc1)N2. The summed E-state index contributed by atoms with van der Waals surface area (Å²) >= 11 is 3.77. The van der Waals surface area contributed by atoms with Crippen LogP contribution in [-0.4, -0.2) is 21.6 Å². The molecule has 3 nitrogen and oxygen atoms in total. The first kappa shape index (κ1) is 12.9. The molecule has 0 aliphatic carbocycles. The van der Waals surface area contributed by atoms with Gasteiger partial charge in [0.25, 0.3) is 0 Å². The predicted molar refractivity (Wildman–Crippen MR) is 84.0 cm³/mol. The predicted octanol–water partition coefficient (Wildman–Crippen LogP) is 3.54. The average molecular weight is 291 g/mol. The third-order valence-electron chi connectivity index (χ3n) is 3.34. The second kappa shape index (κ2) is 5.51. The van der Waals surface area contributed by atoms with Gasteiger partial charge in [-0.1, -0.05) is 17.8 Å². The lowest BCUT2D eigenvalue weighted by molar-refractivity contribution is 0.773. The molecule has 2 aromatic rings. The number of nitrogens with zero attached hydrogens (tertiary/aromatic N) is 2.